The minimum atomic E-state index is -0.912. The van der Waals surface area contributed by atoms with E-state index in [0.29, 0.717) is 17.1 Å². The summed E-state index contributed by atoms with van der Waals surface area (Å²) in [6.07, 6.45) is 4.20. The van der Waals surface area contributed by atoms with E-state index in [0.717, 1.165) is 0 Å². The van der Waals surface area contributed by atoms with Crippen LogP contribution in [0.4, 0.5) is 4.39 Å². The van der Waals surface area contributed by atoms with E-state index in [1.165, 1.54) is 12.1 Å². The van der Waals surface area contributed by atoms with Crippen LogP contribution in [0.15, 0.2) is 48.5 Å². The molecule has 0 fully saturated rings. The van der Waals surface area contributed by atoms with Crippen molar-refractivity contribution < 1.29 is 14.2 Å². The Bertz CT molecular complexity index is 553. The summed E-state index contributed by atoms with van der Waals surface area (Å²) in [5.74, 6) is 3.05. The van der Waals surface area contributed by atoms with Gasteiger partial charge in [0.15, 0.2) is 0 Å². The molecule has 0 saturated heterocycles. The van der Waals surface area contributed by atoms with Gasteiger partial charge >= 0.3 is 0 Å². The standard InChI is InChI=1S/C15H11FO2/c1-2-15(17)11-3-7-13(8-4-11)18-14-9-5-12(16)6-10-14/h1,3-10,15,17H. The van der Waals surface area contributed by atoms with Crippen molar-refractivity contribution in [1.82, 2.24) is 0 Å². The van der Waals surface area contributed by atoms with Crippen molar-refractivity contribution in [1.29, 1.82) is 0 Å². The van der Waals surface area contributed by atoms with Gasteiger partial charge in [-0.25, -0.2) is 4.39 Å². The van der Waals surface area contributed by atoms with Gasteiger partial charge in [-0.2, -0.15) is 0 Å². The van der Waals surface area contributed by atoms with Crippen molar-refractivity contribution in [2.45, 2.75) is 6.10 Å². The molecule has 0 bridgehead atoms. The molecule has 0 amide bonds. The summed E-state index contributed by atoms with van der Waals surface area (Å²) >= 11 is 0. The topological polar surface area (TPSA) is 29.5 Å². The number of aliphatic hydroxyl groups is 1. The Morgan fingerprint density at radius 2 is 1.50 bits per heavy atom. The van der Waals surface area contributed by atoms with Gasteiger partial charge in [0.1, 0.15) is 23.4 Å². The number of benzene rings is 2. The molecule has 0 aliphatic carbocycles. The number of hydrogen-bond donors (Lipinski definition) is 1. The lowest BCUT2D eigenvalue weighted by Crippen LogP contribution is -1.93. The Morgan fingerprint density at radius 1 is 1.00 bits per heavy atom. The monoisotopic (exact) mass is 242 g/mol. The summed E-state index contributed by atoms with van der Waals surface area (Å²) < 4.78 is 18.2. The molecule has 1 unspecified atom stereocenters. The number of halogens is 1. The van der Waals surface area contributed by atoms with Crippen molar-refractivity contribution >= 4 is 0 Å². The number of aliphatic hydroxyl groups excluding tert-OH is 1. The second-order valence-corrected chi connectivity index (χ2v) is 3.69. The van der Waals surface area contributed by atoms with E-state index >= 15 is 0 Å². The van der Waals surface area contributed by atoms with Crippen LogP contribution in [-0.2, 0) is 0 Å². The molecule has 0 aromatic heterocycles. The zero-order chi connectivity index (χ0) is 13.0. The molecule has 0 radical (unpaired) electrons. The maximum absolute atomic E-state index is 12.7. The second-order valence-electron chi connectivity index (χ2n) is 3.69. The molecule has 0 aliphatic rings. The van der Waals surface area contributed by atoms with E-state index in [1.807, 2.05) is 0 Å². The number of terminal acetylenes is 1. The first kappa shape index (κ1) is 12.2. The van der Waals surface area contributed by atoms with Crippen LogP contribution in [0.2, 0.25) is 0 Å². The Hall–Kier alpha value is -2.31. The third-order valence-electron chi connectivity index (χ3n) is 2.40. The molecule has 0 heterocycles. The lowest BCUT2D eigenvalue weighted by atomic mass is 10.1. The third-order valence-corrected chi connectivity index (χ3v) is 2.40. The van der Waals surface area contributed by atoms with Gasteiger partial charge in [-0.3, -0.25) is 0 Å². The van der Waals surface area contributed by atoms with E-state index < -0.39 is 6.10 Å². The van der Waals surface area contributed by atoms with Crippen molar-refractivity contribution in [3.8, 4) is 23.8 Å². The Labute approximate surface area is 105 Å². The molecule has 0 spiro atoms. The predicted octanol–water partition coefficient (Wildman–Crippen LogP) is 3.28. The normalized spacial score (nSPS) is 11.6. The van der Waals surface area contributed by atoms with Gasteiger partial charge in [-0.1, -0.05) is 18.1 Å². The quantitative estimate of drug-likeness (QED) is 0.837. The molecule has 2 aromatic carbocycles. The fourth-order valence-corrected chi connectivity index (χ4v) is 1.45. The smallest absolute Gasteiger partial charge is 0.139 e. The second kappa shape index (κ2) is 5.35. The fourth-order valence-electron chi connectivity index (χ4n) is 1.45. The average Bonchev–Trinajstić information content (AvgIpc) is 2.41. The summed E-state index contributed by atoms with van der Waals surface area (Å²) in [4.78, 5) is 0. The van der Waals surface area contributed by atoms with Gasteiger partial charge in [0.25, 0.3) is 0 Å². The summed E-state index contributed by atoms with van der Waals surface area (Å²) in [5.41, 5.74) is 0.629. The van der Waals surface area contributed by atoms with Crippen LogP contribution in [0.25, 0.3) is 0 Å². The van der Waals surface area contributed by atoms with Crippen LogP contribution < -0.4 is 4.74 Å². The molecule has 3 heteroatoms. The number of ether oxygens (including phenoxy) is 1. The minimum Gasteiger partial charge on any atom is -0.457 e. The molecule has 90 valence electrons. The highest BCUT2D eigenvalue weighted by molar-refractivity contribution is 5.35. The molecule has 2 nitrogen and oxygen atoms in total. The van der Waals surface area contributed by atoms with Gasteiger partial charge in [0.2, 0.25) is 0 Å². The SMILES string of the molecule is C#CC(O)c1ccc(Oc2ccc(F)cc2)cc1. The predicted molar refractivity (Wildman–Crippen MR) is 66.7 cm³/mol. The largest absolute Gasteiger partial charge is 0.457 e. The molecule has 0 saturated carbocycles. The van der Waals surface area contributed by atoms with Crippen molar-refractivity contribution in [3.05, 3.63) is 59.9 Å². The molecule has 1 N–H and O–H groups in total. The lowest BCUT2D eigenvalue weighted by molar-refractivity contribution is 0.238. The highest BCUT2D eigenvalue weighted by Crippen LogP contribution is 2.23. The van der Waals surface area contributed by atoms with Gasteiger partial charge in [0.05, 0.1) is 0 Å². The van der Waals surface area contributed by atoms with E-state index in [1.54, 1.807) is 36.4 Å². The first-order valence-electron chi connectivity index (χ1n) is 5.36. The molecule has 2 aromatic rings. The lowest BCUT2D eigenvalue weighted by Gasteiger charge is -2.07. The molecule has 2 rings (SSSR count). The van der Waals surface area contributed by atoms with E-state index in [-0.39, 0.29) is 5.82 Å². The summed E-state index contributed by atoms with van der Waals surface area (Å²) in [5, 5.41) is 9.42. The Balaban J connectivity index is 2.11. The summed E-state index contributed by atoms with van der Waals surface area (Å²) in [6, 6.07) is 12.5. The first-order valence-corrected chi connectivity index (χ1v) is 5.36. The van der Waals surface area contributed by atoms with Gasteiger partial charge in [-0.15, -0.1) is 6.42 Å². The Morgan fingerprint density at radius 3 is 2.00 bits per heavy atom. The maximum atomic E-state index is 12.7. The van der Waals surface area contributed by atoms with Crippen molar-refractivity contribution in [3.63, 3.8) is 0 Å². The molecular weight excluding hydrogens is 231 g/mol. The van der Waals surface area contributed by atoms with Crippen molar-refractivity contribution in [2.75, 3.05) is 0 Å². The Kier molecular flexibility index (Phi) is 3.61. The molecule has 1 atom stereocenters. The van der Waals surface area contributed by atoms with Crippen molar-refractivity contribution in [2.24, 2.45) is 0 Å². The van der Waals surface area contributed by atoms with Crippen LogP contribution in [-0.4, -0.2) is 5.11 Å². The summed E-state index contributed by atoms with van der Waals surface area (Å²) in [6.45, 7) is 0. The molecular formula is C15H11FO2. The molecule has 0 aliphatic heterocycles. The average molecular weight is 242 g/mol. The number of hydrogen-bond acceptors (Lipinski definition) is 2. The van der Waals surface area contributed by atoms with Crippen LogP contribution in [0.1, 0.15) is 11.7 Å². The van der Waals surface area contributed by atoms with Gasteiger partial charge in [-0.05, 0) is 42.0 Å². The minimum absolute atomic E-state index is 0.310. The number of rotatable bonds is 3. The molecule has 18 heavy (non-hydrogen) atoms. The zero-order valence-electron chi connectivity index (χ0n) is 9.51. The van der Waals surface area contributed by atoms with E-state index in [9.17, 15) is 9.50 Å². The fraction of sp³-hybridized carbons (Fsp3) is 0.0667. The highest BCUT2D eigenvalue weighted by atomic mass is 19.1. The highest BCUT2D eigenvalue weighted by Gasteiger charge is 2.03. The third kappa shape index (κ3) is 2.88. The maximum Gasteiger partial charge on any atom is 0.139 e. The zero-order valence-corrected chi connectivity index (χ0v) is 9.51. The van der Waals surface area contributed by atoms with E-state index in [4.69, 9.17) is 11.2 Å². The van der Waals surface area contributed by atoms with Crippen LogP contribution in [0, 0.1) is 18.2 Å². The van der Waals surface area contributed by atoms with Gasteiger partial charge in [0, 0.05) is 0 Å². The van der Waals surface area contributed by atoms with Gasteiger partial charge < -0.3 is 9.84 Å². The first-order chi connectivity index (χ1) is 8.69. The van der Waals surface area contributed by atoms with Crippen LogP contribution >= 0.6 is 0 Å². The van der Waals surface area contributed by atoms with E-state index in [2.05, 4.69) is 5.92 Å². The summed E-state index contributed by atoms with van der Waals surface area (Å²) in [7, 11) is 0. The van der Waals surface area contributed by atoms with Crippen LogP contribution in [0.3, 0.4) is 0 Å². The van der Waals surface area contributed by atoms with Crippen LogP contribution in [0.5, 0.6) is 11.5 Å².